The maximum atomic E-state index is 14.8. The highest BCUT2D eigenvalue weighted by Gasteiger charge is 2.41. The number of carbonyl (C=O) groups is 1. The number of anilines is 2. The van der Waals surface area contributed by atoms with E-state index in [2.05, 4.69) is 29.9 Å². The zero-order valence-corrected chi connectivity index (χ0v) is 27.1. The van der Waals surface area contributed by atoms with Crippen molar-refractivity contribution in [2.24, 2.45) is 0 Å². The number of ether oxygens (including phenoxy) is 1. The Morgan fingerprint density at radius 1 is 1.04 bits per heavy atom. The predicted octanol–water partition coefficient (Wildman–Crippen LogP) is 4.15. The molecule has 2 aromatic carbocycles. The highest BCUT2D eigenvalue weighted by molar-refractivity contribution is 5.93. The van der Waals surface area contributed by atoms with Gasteiger partial charge in [-0.3, -0.25) is 4.79 Å². The predicted molar refractivity (Wildman–Crippen MR) is 178 cm³/mol. The number of benzene rings is 2. The molecule has 1 N–H and O–H groups in total. The summed E-state index contributed by atoms with van der Waals surface area (Å²) in [6, 6.07) is 10.3. The number of halogens is 2. The first kappa shape index (κ1) is 30.7. The minimum absolute atomic E-state index is 0.0433. The molecule has 0 aliphatic carbocycles. The van der Waals surface area contributed by atoms with Gasteiger partial charge in [0.25, 0.3) is 0 Å². The largest absolute Gasteiger partial charge is 0.375 e. The lowest BCUT2D eigenvalue weighted by molar-refractivity contribution is -0.133. The SMILES string of the molecule is CCOC1CN(C)C(=O)[C@@H]2C[C@@H](CN2c2ncnc3c2cnn3-c2ccc(F)cc2F)Nc2nccc(n2)-c2cccc3nc(C)n(c23)C1. The topological polar surface area (TPSA) is 132 Å². The van der Waals surface area contributed by atoms with Crippen molar-refractivity contribution in [3.8, 4) is 16.9 Å². The molecule has 1 fully saturated rings. The third-order valence-corrected chi connectivity index (χ3v) is 9.21. The fraction of sp³-hybridized carbons (Fsp3) is 0.324. The molecule has 0 spiro atoms. The second-order valence-electron chi connectivity index (χ2n) is 12.3. The number of hydrogen-bond acceptors (Lipinski definition) is 10. The number of nitrogens with zero attached hydrogens (tertiary/aromatic N) is 10. The van der Waals surface area contributed by atoms with Crippen LogP contribution < -0.4 is 10.2 Å². The van der Waals surface area contributed by atoms with Gasteiger partial charge >= 0.3 is 0 Å². The van der Waals surface area contributed by atoms with E-state index >= 15 is 0 Å². The van der Waals surface area contributed by atoms with E-state index in [1.54, 1.807) is 18.1 Å². The summed E-state index contributed by atoms with van der Waals surface area (Å²) in [4.78, 5) is 41.3. The molecule has 13 nitrogen and oxygen atoms in total. The van der Waals surface area contributed by atoms with Crippen LogP contribution >= 0.6 is 0 Å². The van der Waals surface area contributed by atoms with E-state index in [1.807, 2.05) is 43.0 Å². The molecule has 1 saturated heterocycles. The van der Waals surface area contributed by atoms with Crippen LogP contribution in [-0.2, 0) is 16.1 Å². The summed E-state index contributed by atoms with van der Waals surface area (Å²) in [6.45, 7) is 5.58. The monoisotopic (exact) mass is 665 g/mol. The van der Waals surface area contributed by atoms with Crippen molar-refractivity contribution in [1.82, 2.24) is 44.2 Å². The van der Waals surface area contributed by atoms with E-state index < -0.39 is 17.7 Å². The van der Waals surface area contributed by atoms with Gasteiger partial charge in [0.15, 0.2) is 11.5 Å². The van der Waals surface area contributed by atoms with Crippen LogP contribution in [0.3, 0.4) is 0 Å². The lowest BCUT2D eigenvalue weighted by Crippen LogP contribution is -2.47. The molecule has 4 aromatic heterocycles. The molecule has 2 aliphatic rings. The first-order chi connectivity index (χ1) is 23.8. The van der Waals surface area contributed by atoms with Crippen molar-refractivity contribution < 1.29 is 18.3 Å². The quantitative estimate of drug-likeness (QED) is 0.293. The summed E-state index contributed by atoms with van der Waals surface area (Å²) in [7, 11) is 1.78. The van der Waals surface area contributed by atoms with E-state index in [9.17, 15) is 13.6 Å². The standard InChI is InChI=1S/C34H33F2N11O2/c1-4-49-22-16-44(3)33(48)29-13-21(42-34-37-11-10-26(43-34)23-6-5-7-27-30(23)45(17-22)19(2)41-27)15-46(29)31-24-14-40-47(32(24)39-18-38-31)28-9-8-20(35)12-25(28)36/h5-12,14,18,21-22,29H,4,13,15-17H2,1-3H3,(H,37,42,43)/t21-,22?,29-/m0/s1. The third kappa shape index (κ3) is 5.39. The van der Waals surface area contributed by atoms with Gasteiger partial charge in [-0.25, -0.2) is 38.4 Å². The summed E-state index contributed by atoms with van der Waals surface area (Å²) < 4.78 is 38.2. The van der Waals surface area contributed by atoms with Crippen LogP contribution in [0.1, 0.15) is 19.2 Å². The van der Waals surface area contributed by atoms with Gasteiger partial charge in [-0.1, -0.05) is 12.1 Å². The molecule has 15 heteroatoms. The molecular weight excluding hydrogens is 632 g/mol. The number of para-hydroxylation sites is 1. The molecule has 2 aliphatic heterocycles. The van der Waals surface area contributed by atoms with Gasteiger partial charge in [0.2, 0.25) is 11.9 Å². The van der Waals surface area contributed by atoms with Gasteiger partial charge in [-0.15, -0.1) is 0 Å². The molecule has 6 aromatic rings. The van der Waals surface area contributed by atoms with Crippen LogP contribution in [0.2, 0.25) is 0 Å². The normalized spacial score (nSPS) is 19.7. The van der Waals surface area contributed by atoms with E-state index in [4.69, 9.17) is 14.7 Å². The number of hydrogen-bond donors (Lipinski definition) is 1. The summed E-state index contributed by atoms with van der Waals surface area (Å²) in [5.41, 5.74) is 3.82. The number of nitrogens with one attached hydrogen (secondary N) is 1. The van der Waals surface area contributed by atoms with Crippen LogP contribution in [0.15, 0.2) is 61.2 Å². The Hall–Kier alpha value is -5.57. The average molecular weight is 666 g/mol. The number of fused-ring (bicyclic) bond motifs is 6. The van der Waals surface area contributed by atoms with E-state index in [-0.39, 0.29) is 23.7 Å². The molecule has 1 amide bonds. The van der Waals surface area contributed by atoms with Gasteiger partial charge in [-0.2, -0.15) is 5.10 Å². The van der Waals surface area contributed by atoms with Crippen molar-refractivity contribution in [2.75, 3.05) is 37.0 Å². The van der Waals surface area contributed by atoms with Gasteiger partial charge in [0, 0.05) is 50.6 Å². The van der Waals surface area contributed by atoms with Crippen molar-refractivity contribution in [3.05, 3.63) is 78.6 Å². The zero-order valence-electron chi connectivity index (χ0n) is 27.1. The number of likely N-dealkylation sites (N-methyl/N-ethyl adjacent to an activating group) is 1. The number of carbonyl (C=O) groups excluding carboxylic acids is 1. The van der Waals surface area contributed by atoms with E-state index in [0.29, 0.717) is 55.5 Å². The van der Waals surface area contributed by atoms with Crippen molar-refractivity contribution in [3.63, 3.8) is 0 Å². The first-order valence-electron chi connectivity index (χ1n) is 16.1. The number of aryl methyl sites for hydroxylation is 1. The van der Waals surface area contributed by atoms with Gasteiger partial charge in [-0.05, 0) is 44.5 Å². The minimum atomic E-state index is -0.779. The Morgan fingerprint density at radius 2 is 1.92 bits per heavy atom. The van der Waals surface area contributed by atoms with E-state index in [1.165, 1.54) is 23.3 Å². The lowest BCUT2D eigenvalue weighted by Gasteiger charge is -2.31. The average Bonchev–Trinajstić information content (AvgIpc) is 3.79. The van der Waals surface area contributed by atoms with Crippen LogP contribution in [0, 0.1) is 18.6 Å². The zero-order chi connectivity index (χ0) is 33.8. The lowest BCUT2D eigenvalue weighted by atomic mass is 10.1. The van der Waals surface area contributed by atoms with Crippen molar-refractivity contribution >= 4 is 39.7 Å². The van der Waals surface area contributed by atoms with Crippen molar-refractivity contribution in [2.45, 2.75) is 45.0 Å². The smallest absolute Gasteiger partial charge is 0.245 e. The molecule has 4 bridgehead atoms. The number of imidazole rings is 1. The van der Waals surface area contributed by atoms with Gasteiger partial charge in [0.05, 0.1) is 41.0 Å². The highest BCUT2D eigenvalue weighted by atomic mass is 19.1. The highest BCUT2D eigenvalue weighted by Crippen LogP contribution is 2.34. The first-order valence-corrected chi connectivity index (χ1v) is 16.1. The van der Waals surface area contributed by atoms with Gasteiger partial charge in [0.1, 0.15) is 35.5 Å². The fourth-order valence-electron chi connectivity index (χ4n) is 7.04. The Morgan fingerprint density at radius 3 is 2.76 bits per heavy atom. The maximum Gasteiger partial charge on any atom is 0.245 e. The number of amides is 1. The number of aromatic nitrogens is 8. The molecule has 0 saturated carbocycles. The van der Waals surface area contributed by atoms with Crippen LogP contribution in [-0.4, -0.2) is 95.0 Å². The Bertz CT molecular complexity index is 2220. The molecule has 8 rings (SSSR count). The Balaban J connectivity index is 1.22. The molecule has 49 heavy (non-hydrogen) atoms. The summed E-state index contributed by atoms with van der Waals surface area (Å²) in [5, 5.41) is 8.37. The molecule has 3 atom stereocenters. The maximum absolute atomic E-state index is 14.8. The van der Waals surface area contributed by atoms with Crippen molar-refractivity contribution in [1.29, 1.82) is 0 Å². The number of rotatable bonds is 4. The summed E-state index contributed by atoms with van der Waals surface area (Å²) in [6.07, 6.45) is 4.72. The van der Waals surface area contributed by atoms with Crippen LogP contribution in [0.4, 0.5) is 20.5 Å². The molecule has 0 radical (unpaired) electrons. The minimum Gasteiger partial charge on any atom is -0.375 e. The molecule has 250 valence electrons. The Labute approximate surface area is 279 Å². The second-order valence-corrected chi connectivity index (χ2v) is 12.3. The van der Waals surface area contributed by atoms with Crippen LogP contribution in [0.25, 0.3) is 39.0 Å². The molecule has 1 unspecified atom stereocenters. The molecule has 6 heterocycles. The third-order valence-electron chi connectivity index (χ3n) is 9.21. The fourth-order valence-corrected chi connectivity index (χ4v) is 7.04. The summed E-state index contributed by atoms with van der Waals surface area (Å²) >= 11 is 0. The molecular formula is C34H33F2N11O2. The Kier molecular flexibility index (Phi) is 7.62. The van der Waals surface area contributed by atoms with Gasteiger partial charge < -0.3 is 24.4 Å². The second kappa shape index (κ2) is 12.1. The summed E-state index contributed by atoms with van der Waals surface area (Å²) in [5.74, 6) is 0.139. The van der Waals surface area contributed by atoms with Crippen LogP contribution in [0.5, 0.6) is 0 Å². The van der Waals surface area contributed by atoms with E-state index in [0.717, 1.165) is 40.2 Å².